The number of nitrogens with one attached hydrogen (secondary N) is 1. The molecule has 45 heavy (non-hydrogen) atoms. The molecule has 1 aromatic heterocycles. The van der Waals surface area contributed by atoms with E-state index >= 15 is 0 Å². The lowest BCUT2D eigenvalue weighted by atomic mass is 9.99. The summed E-state index contributed by atoms with van der Waals surface area (Å²) in [6.45, 7) is 15.5. The first-order valence-corrected chi connectivity index (χ1v) is 16.7. The van der Waals surface area contributed by atoms with Crippen molar-refractivity contribution < 1.29 is 32.3 Å². The minimum Gasteiger partial charge on any atom is -0.444 e. The van der Waals surface area contributed by atoms with Crippen molar-refractivity contribution in [3.05, 3.63) is 69.3 Å². The minimum atomic E-state index is -3.96. The largest absolute Gasteiger partial charge is 0.444 e. The molecule has 1 atom stereocenters. The average molecular weight is 704 g/mol. The Balaban J connectivity index is 1.77. The van der Waals surface area contributed by atoms with Gasteiger partial charge in [0, 0.05) is 16.5 Å². The van der Waals surface area contributed by atoms with Crippen LogP contribution in [0, 0.1) is 0 Å². The van der Waals surface area contributed by atoms with Crippen molar-refractivity contribution in [1.29, 1.82) is 0 Å². The maximum absolute atomic E-state index is 13.5. The first kappa shape index (κ1) is 34.2. The van der Waals surface area contributed by atoms with E-state index in [0.717, 1.165) is 9.71 Å². The predicted molar refractivity (Wildman–Crippen MR) is 175 cm³/mol. The zero-order valence-electron chi connectivity index (χ0n) is 26.9. The normalized spacial score (nSPS) is 16.0. The molecular weight excluding hydrogens is 664 g/mol. The molecule has 0 saturated carbocycles. The smallest absolute Gasteiger partial charge is 0.420 e. The van der Waals surface area contributed by atoms with Gasteiger partial charge in [0.2, 0.25) is 0 Å². The van der Waals surface area contributed by atoms with Crippen LogP contribution in [0.15, 0.2) is 52.3 Å². The van der Waals surface area contributed by atoms with Crippen LogP contribution in [-0.2, 0) is 30.7 Å². The number of rotatable bonds is 5. The summed E-state index contributed by atoms with van der Waals surface area (Å²) in [5.74, 6) is -0.386. The number of sulfonamides is 1. The standard InChI is InChI=1S/C32H39BrN4O7S/c1-30(2,3)37-27(38)21(18-45(37,41)42)20-15-14-19(16-22(20)33)17-24(35-28(39)43-31(4,5)6)26-34-23-12-10-11-13-25(23)36(26)29(40)44-32(7,8)9/h10-16,18,24H,17H2,1-9H3,(H,35,39)/t24-/m0/s1. The minimum absolute atomic E-state index is 0.0403. The van der Waals surface area contributed by atoms with Gasteiger partial charge >= 0.3 is 12.2 Å². The van der Waals surface area contributed by atoms with E-state index in [1.807, 2.05) is 0 Å². The molecule has 4 rings (SSSR count). The van der Waals surface area contributed by atoms with E-state index in [1.165, 1.54) is 4.57 Å². The number of carbonyl (C=O) groups is 3. The second kappa shape index (κ2) is 11.9. The third-order valence-electron chi connectivity index (χ3n) is 6.47. The highest BCUT2D eigenvalue weighted by molar-refractivity contribution is 9.10. The molecule has 1 aliphatic heterocycles. The van der Waals surface area contributed by atoms with Crippen LogP contribution >= 0.6 is 15.9 Å². The number of benzene rings is 2. The molecule has 0 unspecified atom stereocenters. The van der Waals surface area contributed by atoms with Crippen molar-refractivity contribution in [2.24, 2.45) is 0 Å². The number of aromatic nitrogens is 2. The molecule has 13 heteroatoms. The van der Waals surface area contributed by atoms with Crippen molar-refractivity contribution in [3.8, 4) is 0 Å². The third kappa shape index (κ3) is 7.75. The van der Waals surface area contributed by atoms with Crippen LogP contribution in [0.4, 0.5) is 9.59 Å². The summed E-state index contributed by atoms with van der Waals surface area (Å²) in [6, 6.07) is 11.3. The van der Waals surface area contributed by atoms with E-state index in [2.05, 4.69) is 21.2 Å². The number of hydrogen-bond donors (Lipinski definition) is 1. The fourth-order valence-corrected chi connectivity index (χ4v) is 7.28. The molecule has 0 radical (unpaired) electrons. The fraction of sp³-hybridized carbons (Fsp3) is 0.438. The molecule has 0 saturated heterocycles. The van der Waals surface area contributed by atoms with E-state index in [1.54, 1.807) is 105 Å². The topological polar surface area (TPSA) is 137 Å². The SMILES string of the molecule is CC(C)(C)OC(=O)N[C@@H](Cc1ccc(C2=CS(=O)(=O)N(C(C)(C)C)C2=O)c(Br)c1)c1nc2ccccc2n1C(=O)OC(C)(C)C. The molecule has 0 fully saturated rings. The van der Waals surface area contributed by atoms with Gasteiger partial charge in [-0.25, -0.2) is 31.9 Å². The zero-order valence-corrected chi connectivity index (χ0v) is 29.3. The van der Waals surface area contributed by atoms with Crippen LogP contribution in [0.3, 0.4) is 0 Å². The molecule has 0 spiro atoms. The van der Waals surface area contributed by atoms with E-state index < -0.39 is 50.9 Å². The summed E-state index contributed by atoms with van der Waals surface area (Å²) in [7, 11) is -3.96. The van der Waals surface area contributed by atoms with E-state index in [9.17, 15) is 22.8 Å². The van der Waals surface area contributed by atoms with Crippen LogP contribution in [0.25, 0.3) is 16.6 Å². The Bertz CT molecular complexity index is 1810. The summed E-state index contributed by atoms with van der Waals surface area (Å²) >= 11 is 3.51. The first-order chi connectivity index (χ1) is 20.6. The molecule has 1 aliphatic rings. The molecule has 2 amide bonds. The maximum atomic E-state index is 13.5. The van der Waals surface area contributed by atoms with Gasteiger partial charge in [-0.3, -0.25) is 4.79 Å². The average Bonchev–Trinajstić information content (AvgIpc) is 3.35. The molecule has 0 aliphatic carbocycles. The number of alkyl carbamates (subject to hydrolysis) is 1. The fourth-order valence-electron chi connectivity index (χ4n) is 4.92. The Morgan fingerprint density at radius 2 is 1.58 bits per heavy atom. The highest BCUT2D eigenvalue weighted by atomic mass is 79.9. The van der Waals surface area contributed by atoms with Crippen LogP contribution < -0.4 is 5.32 Å². The number of ether oxygens (including phenoxy) is 2. The van der Waals surface area contributed by atoms with Gasteiger partial charge in [-0.2, -0.15) is 0 Å². The van der Waals surface area contributed by atoms with Crippen molar-refractivity contribution in [1.82, 2.24) is 19.2 Å². The summed E-state index contributed by atoms with van der Waals surface area (Å²) in [5, 5.41) is 3.85. The lowest BCUT2D eigenvalue weighted by Crippen LogP contribution is -2.45. The number of nitrogens with zero attached hydrogens (tertiary/aromatic N) is 3. The molecule has 3 aromatic rings. The monoisotopic (exact) mass is 702 g/mol. The Labute approximate surface area is 272 Å². The van der Waals surface area contributed by atoms with Gasteiger partial charge in [-0.1, -0.05) is 40.2 Å². The van der Waals surface area contributed by atoms with E-state index in [0.29, 0.717) is 26.6 Å². The molecule has 242 valence electrons. The number of halogens is 1. The van der Waals surface area contributed by atoms with Crippen molar-refractivity contribution in [2.45, 2.75) is 91.5 Å². The summed E-state index contributed by atoms with van der Waals surface area (Å²) in [4.78, 5) is 44.5. The lowest BCUT2D eigenvalue weighted by molar-refractivity contribution is -0.123. The second-order valence-corrected chi connectivity index (χ2v) is 16.3. The lowest BCUT2D eigenvalue weighted by Gasteiger charge is -2.30. The molecular formula is C32H39BrN4O7S. The Hall–Kier alpha value is -3.71. The van der Waals surface area contributed by atoms with Gasteiger partial charge in [0.15, 0.2) is 0 Å². The summed E-state index contributed by atoms with van der Waals surface area (Å²) < 4.78 is 39.6. The number of imidazole rings is 1. The maximum Gasteiger partial charge on any atom is 0.420 e. The van der Waals surface area contributed by atoms with Gasteiger partial charge in [0.05, 0.1) is 33.6 Å². The first-order valence-electron chi connectivity index (χ1n) is 14.4. The number of para-hydroxylation sites is 2. The van der Waals surface area contributed by atoms with Crippen LogP contribution in [0.5, 0.6) is 0 Å². The second-order valence-electron chi connectivity index (χ2n) is 13.8. The molecule has 2 aromatic carbocycles. The van der Waals surface area contributed by atoms with Crippen LogP contribution in [0.2, 0.25) is 0 Å². The molecule has 0 bridgehead atoms. The quantitative estimate of drug-likeness (QED) is 0.310. The zero-order chi connectivity index (χ0) is 33.7. The van der Waals surface area contributed by atoms with Gasteiger partial charge in [-0.15, -0.1) is 0 Å². The highest BCUT2D eigenvalue weighted by Crippen LogP contribution is 2.37. The van der Waals surface area contributed by atoms with Crippen molar-refractivity contribution >= 4 is 60.7 Å². The Morgan fingerprint density at radius 1 is 0.956 bits per heavy atom. The van der Waals surface area contributed by atoms with Gasteiger partial charge in [0.25, 0.3) is 15.9 Å². The van der Waals surface area contributed by atoms with Crippen molar-refractivity contribution in [3.63, 3.8) is 0 Å². The number of amides is 2. The molecule has 2 heterocycles. The number of carbonyl (C=O) groups excluding carboxylic acids is 3. The van der Waals surface area contributed by atoms with Crippen molar-refractivity contribution in [2.75, 3.05) is 0 Å². The van der Waals surface area contributed by atoms with E-state index in [-0.39, 0.29) is 17.8 Å². The van der Waals surface area contributed by atoms with Crippen LogP contribution in [0.1, 0.15) is 85.3 Å². The van der Waals surface area contributed by atoms with Gasteiger partial charge in [0.1, 0.15) is 17.0 Å². The summed E-state index contributed by atoms with van der Waals surface area (Å²) in [6.07, 6.45) is -1.21. The third-order valence-corrected chi connectivity index (χ3v) is 8.89. The Morgan fingerprint density at radius 3 is 2.13 bits per heavy atom. The van der Waals surface area contributed by atoms with Gasteiger partial charge in [-0.05, 0) is 86.1 Å². The van der Waals surface area contributed by atoms with E-state index in [4.69, 9.17) is 14.5 Å². The van der Waals surface area contributed by atoms with Crippen LogP contribution in [-0.4, -0.2) is 57.1 Å². The number of fused-ring (bicyclic) bond motifs is 1. The number of hydrogen-bond acceptors (Lipinski definition) is 8. The Kier molecular flexibility index (Phi) is 9.04. The predicted octanol–water partition coefficient (Wildman–Crippen LogP) is 6.70. The highest BCUT2D eigenvalue weighted by Gasteiger charge is 2.44. The summed E-state index contributed by atoms with van der Waals surface area (Å²) in [5.41, 5.74) is -0.357. The molecule has 11 nitrogen and oxygen atoms in total. The van der Waals surface area contributed by atoms with Gasteiger partial charge < -0.3 is 14.8 Å². The molecule has 1 N–H and O–H groups in total.